The Labute approximate surface area is 132 Å². The van der Waals surface area contributed by atoms with Gasteiger partial charge in [0.05, 0.1) is 4.91 Å². The van der Waals surface area contributed by atoms with Crippen molar-refractivity contribution >= 4 is 29.0 Å². The van der Waals surface area contributed by atoms with E-state index in [2.05, 4.69) is 5.32 Å². The third-order valence-electron chi connectivity index (χ3n) is 3.05. The van der Waals surface area contributed by atoms with Crippen LogP contribution in [0.2, 0.25) is 0 Å². The average molecular weight is 311 g/mol. The molecular weight excluding hydrogens is 298 g/mol. The molecule has 1 saturated heterocycles. The summed E-state index contributed by atoms with van der Waals surface area (Å²) in [5.74, 6) is 0.360. The van der Waals surface area contributed by atoms with E-state index < -0.39 is 0 Å². The molecule has 1 aliphatic rings. The Morgan fingerprint density at radius 2 is 1.86 bits per heavy atom. The van der Waals surface area contributed by atoms with E-state index in [4.69, 9.17) is 4.74 Å². The highest BCUT2D eigenvalue weighted by atomic mass is 32.2. The molecule has 1 N–H and O–H groups in total. The maximum absolute atomic E-state index is 11.5. The normalized spacial score (nSPS) is 15.9. The second-order valence-electron chi connectivity index (χ2n) is 4.70. The van der Waals surface area contributed by atoms with E-state index in [1.165, 1.54) is 0 Å². The van der Waals surface area contributed by atoms with E-state index in [-0.39, 0.29) is 11.1 Å². The van der Waals surface area contributed by atoms with Crippen molar-refractivity contribution < 1.29 is 14.3 Å². The largest absolute Gasteiger partial charge is 0.489 e. The van der Waals surface area contributed by atoms with Crippen molar-refractivity contribution in [3.63, 3.8) is 0 Å². The maximum atomic E-state index is 11.5. The summed E-state index contributed by atoms with van der Waals surface area (Å²) in [4.78, 5) is 23.1. The van der Waals surface area contributed by atoms with Crippen LogP contribution in [0.1, 0.15) is 11.1 Å². The number of rotatable bonds is 4. The van der Waals surface area contributed by atoms with Gasteiger partial charge in [-0.2, -0.15) is 0 Å². The molecule has 2 amide bonds. The number of hydrogen-bond acceptors (Lipinski definition) is 4. The third-order valence-corrected chi connectivity index (χ3v) is 3.86. The molecule has 0 aliphatic carbocycles. The zero-order chi connectivity index (χ0) is 15.4. The molecule has 22 heavy (non-hydrogen) atoms. The van der Waals surface area contributed by atoms with Gasteiger partial charge in [0.2, 0.25) is 0 Å². The molecule has 0 saturated carbocycles. The smallest absolute Gasteiger partial charge is 0.290 e. The van der Waals surface area contributed by atoms with Gasteiger partial charge < -0.3 is 4.74 Å². The number of imide groups is 1. The van der Waals surface area contributed by atoms with Crippen molar-refractivity contribution in [1.82, 2.24) is 5.32 Å². The van der Waals surface area contributed by atoms with E-state index in [9.17, 15) is 9.59 Å². The summed E-state index contributed by atoms with van der Waals surface area (Å²) in [7, 11) is 0. The van der Waals surface area contributed by atoms with Gasteiger partial charge in [0.25, 0.3) is 11.1 Å². The van der Waals surface area contributed by atoms with Gasteiger partial charge in [-0.3, -0.25) is 14.9 Å². The molecule has 0 spiro atoms. The van der Waals surface area contributed by atoms with Crippen LogP contribution in [0, 0.1) is 0 Å². The monoisotopic (exact) mass is 311 g/mol. The van der Waals surface area contributed by atoms with Crippen molar-refractivity contribution in [3.05, 3.63) is 70.6 Å². The predicted octanol–water partition coefficient (Wildman–Crippen LogP) is 3.59. The lowest BCUT2D eigenvalue weighted by molar-refractivity contribution is -0.115. The van der Waals surface area contributed by atoms with Crippen LogP contribution in [-0.2, 0) is 11.4 Å². The average Bonchev–Trinajstić information content (AvgIpc) is 2.84. The van der Waals surface area contributed by atoms with Crippen molar-refractivity contribution in [2.75, 3.05) is 0 Å². The summed E-state index contributed by atoms with van der Waals surface area (Å²) in [5.41, 5.74) is 1.90. The summed E-state index contributed by atoms with van der Waals surface area (Å²) in [5, 5.41) is 1.89. The van der Waals surface area contributed by atoms with Crippen LogP contribution in [0.3, 0.4) is 0 Å². The Kier molecular flexibility index (Phi) is 4.25. The van der Waals surface area contributed by atoms with Gasteiger partial charge in [0.1, 0.15) is 12.4 Å². The fourth-order valence-corrected chi connectivity index (χ4v) is 2.69. The van der Waals surface area contributed by atoms with Gasteiger partial charge in [-0.1, -0.05) is 42.5 Å². The van der Waals surface area contributed by atoms with Crippen LogP contribution < -0.4 is 10.1 Å². The Morgan fingerprint density at radius 1 is 1.05 bits per heavy atom. The molecule has 3 rings (SSSR count). The van der Waals surface area contributed by atoms with Crippen LogP contribution in [-0.4, -0.2) is 11.1 Å². The van der Waals surface area contributed by atoms with Crippen molar-refractivity contribution in [3.8, 4) is 5.75 Å². The van der Waals surface area contributed by atoms with Crippen LogP contribution in [0.4, 0.5) is 4.79 Å². The Morgan fingerprint density at radius 3 is 2.59 bits per heavy atom. The van der Waals surface area contributed by atoms with Gasteiger partial charge in [-0.25, -0.2) is 0 Å². The third kappa shape index (κ3) is 3.56. The number of benzene rings is 2. The zero-order valence-electron chi connectivity index (χ0n) is 11.6. The van der Waals surface area contributed by atoms with Crippen LogP contribution >= 0.6 is 11.8 Å². The fourth-order valence-electron chi connectivity index (χ4n) is 2.01. The van der Waals surface area contributed by atoms with Crippen LogP contribution in [0.5, 0.6) is 5.75 Å². The topological polar surface area (TPSA) is 55.4 Å². The molecule has 0 atom stereocenters. The number of ether oxygens (including phenoxy) is 1. The van der Waals surface area contributed by atoms with E-state index in [0.717, 1.165) is 22.9 Å². The lowest BCUT2D eigenvalue weighted by Crippen LogP contribution is -2.17. The molecule has 2 aromatic rings. The van der Waals surface area contributed by atoms with Gasteiger partial charge in [-0.05, 0) is 41.1 Å². The van der Waals surface area contributed by atoms with Crippen LogP contribution in [0.15, 0.2) is 59.5 Å². The van der Waals surface area contributed by atoms with Crippen LogP contribution in [0.25, 0.3) is 6.08 Å². The SMILES string of the molecule is O=C1NC(=O)/C(=C\c2cccc(OCc3ccccc3)c2)S1. The Bertz CT molecular complexity index is 741. The minimum absolute atomic E-state index is 0.340. The molecule has 1 fully saturated rings. The number of carbonyl (C=O) groups excluding carboxylic acids is 2. The van der Waals surface area contributed by atoms with Gasteiger partial charge >= 0.3 is 0 Å². The first-order chi connectivity index (χ1) is 10.7. The molecule has 2 aromatic carbocycles. The molecule has 110 valence electrons. The first-order valence-corrected chi connectivity index (χ1v) is 7.54. The second kappa shape index (κ2) is 6.49. The highest BCUT2D eigenvalue weighted by Crippen LogP contribution is 2.26. The Balaban J connectivity index is 1.71. The van der Waals surface area contributed by atoms with E-state index in [0.29, 0.717) is 17.3 Å². The highest BCUT2D eigenvalue weighted by molar-refractivity contribution is 8.18. The molecule has 0 radical (unpaired) electrons. The number of amides is 2. The van der Waals surface area contributed by atoms with Gasteiger partial charge in [0.15, 0.2) is 0 Å². The summed E-state index contributed by atoms with van der Waals surface area (Å²) in [6, 6.07) is 17.3. The van der Waals surface area contributed by atoms with Crippen molar-refractivity contribution in [1.29, 1.82) is 0 Å². The molecule has 0 aromatic heterocycles. The first-order valence-electron chi connectivity index (χ1n) is 6.72. The van der Waals surface area contributed by atoms with Crippen molar-refractivity contribution in [2.24, 2.45) is 0 Å². The number of carbonyl (C=O) groups is 2. The fraction of sp³-hybridized carbons (Fsp3) is 0.0588. The maximum Gasteiger partial charge on any atom is 0.290 e. The molecular formula is C17H13NO3S. The number of nitrogens with one attached hydrogen (secondary N) is 1. The van der Waals surface area contributed by atoms with E-state index in [1.54, 1.807) is 6.08 Å². The molecule has 0 unspecified atom stereocenters. The lowest BCUT2D eigenvalue weighted by Gasteiger charge is -2.07. The quantitative estimate of drug-likeness (QED) is 0.877. The molecule has 4 nitrogen and oxygen atoms in total. The minimum atomic E-state index is -0.356. The highest BCUT2D eigenvalue weighted by Gasteiger charge is 2.24. The van der Waals surface area contributed by atoms with Gasteiger partial charge in [-0.15, -0.1) is 0 Å². The summed E-state index contributed by atoms with van der Waals surface area (Å²) < 4.78 is 5.74. The number of thioether (sulfide) groups is 1. The zero-order valence-corrected chi connectivity index (χ0v) is 12.4. The molecule has 1 aliphatic heterocycles. The minimum Gasteiger partial charge on any atom is -0.489 e. The summed E-state index contributed by atoms with van der Waals surface area (Å²) in [6.45, 7) is 0.481. The Hall–Kier alpha value is -2.53. The second-order valence-corrected chi connectivity index (χ2v) is 5.71. The predicted molar refractivity (Wildman–Crippen MR) is 86.3 cm³/mol. The lowest BCUT2D eigenvalue weighted by atomic mass is 10.2. The molecule has 5 heteroatoms. The molecule has 0 bridgehead atoms. The summed E-state index contributed by atoms with van der Waals surface area (Å²) >= 11 is 0.905. The van der Waals surface area contributed by atoms with E-state index in [1.807, 2.05) is 54.6 Å². The first kappa shape index (κ1) is 14.4. The van der Waals surface area contributed by atoms with Gasteiger partial charge in [0, 0.05) is 0 Å². The van der Waals surface area contributed by atoms with Crippen molar-refractivity contribution in [2.45, 2.75) is 6.61 Å². The number of hydrogen-bond donors (Lipinski definition) is 1. The standard InChI is InChI=1S/C17H13NO3S/c19-16-15(22-17(20)18-16)10-13-7-4-8-14(9-13)21-11-12-5-2-1-3-6-12/h1-10H,11H2,(H,18,19,20)/b15-10+. The molecule has 1 heterocycles. The van der Waals surface area contributed by atoms with E-state index >= 15 is 0 Å². The summed E-state index contributed by atoms with van der Waals surface area (Å²) in [6.07, 6.45) is 1.68.